The zero-order valence-corrected chi connectivity index (χ0v) is 17.8. The van der Waals surface area contributed by atoms with Crippen molar-refractivity contribution in [3.05, 3.63) is 20.3 Å². The zero-order chi connectivity index (χ0) is 20.4. The van der Waals surface area contributed by atoms with Crippen molar-refractivity contribution < 1.29 is 46.5 Å². The summed E-state index contributed by atoms with van der Waals surface area (Å²) in [5, 5.41) is 9.99. The Morgan fingerprint density at radius 2 is 2.19 bits per heavy atom. The summed E-state index contributed by atoms with van der Waals surface area (Å²) in [7, 11) is -12.1. The van der Waals surface area contributed by atoms with E-state index in [9.17, 15) is 28.5 Å². The van der Waals surface area contributed by atoms with Crippen molar-refractivity contribution in [2.45, 2.75) is 24.9 Å². The van der Waals surface area contributed by atoms with Gasteiger partial charge in [0.15, 0.2) is 0 Å². The number of halogens is 1. The summed E-state index contributed by atoms with van der Waals surface area (Å²) in [5.74, 6) is 0.0416. The second kappa shape index (κ2) is 9.37. The lowest BCUT2D eigenvalue weighted by atomic mass is 10.2. The molecule has 0 amide bonds. The highest BCUT2D eigenvalue weighted by Gasteiger charge is 2.44. The molecule has 27 heavy (non-hydrogen) atoms. The topological polar surface area (TPSA) is 213 Å². The third kappa shape index (κ3) is 6.54. The van der Waals surface area contributed by atoms with E-state index in [4.69, 9.17) is 15.4 Å². The number of hydrogen-bond donors (Lipinski definition) is 3. The van der Waals surface area contributed by atoms with Crippen LogP contribution in [0.25, 0.3) is 0 Å². The van der Waals surface area contributed by atoms with Crippen LogP contribution in [0.2, 0.25) is 0 Å². The van der Waals surface area contributed by atoms with Crippen molar-refractivity contribution in [3.63, 3.8) is 0 Å². The minimum Gasteiger partial charge on any atom is -0.566 e. The molecule has 1 fully saturated rings. The molecule has 18 heteroatoms. The van der Waals surface area contributed by atoms with Crippen LogP contribution in [0, 0.1) is 3.57 Å². The molecular weight excluding hydrogens is 546 g/mol. The Balaban J connectivity index is 1.95. The Morgan fingerprint density at radius 3 is 2.81 bits per heavy atom. The maximum Gasteiger partial charge on any atom is 0.708 e. The van der Waals surface area contributed by atoms with Gasteiger partial charge in [0.25, 0.3) is 0 Å². The molecule has 0 radical (unpaired) electrons. The maximum absolute atomic E-state index is 11.9. The molecule has 1 aromatic rings. The summed E-state index contributed by atoms with van der Waals surface area (Å²) < 4.78 is 52.1. The van der Waals surface area contributed by atoms with E-state index in [0.29, 0.717) is 3.57 Å². The van der Waals surface area contributed by atoms with Gasteiger partial charge in [-0.05, 0) is 31.5 Å². The number of nitrogens with two attached hydrogens (primary N) is 1. The Bertz CT molecular complexity index is 850. The van der Waals surface area contributed by atoms with Gasteiger partial charge in [0, 0.05) is 21.5 Å². The summed E-state index contributed by atoms with van der Waals surface area (Å²) in [5.41, 5.74) is 4.82. The van der Waals surface area contributed by atoms with E-state index in [1.807, 2.05) is 22.6 Å². The molecule has 1 aliphatic rings. The van der Waals surface area contributed by atoms with Crippen molar-refractivity contribution in [2.75, 3.05) is 12.3 Å². The maximum atomic E-state index is 11.9. The van der Waals surface area contributed by atoms with Crippen LogP contribution in [0.15, 0.2) is 11.0 Å². The van der Waals surface area contributed by atoms with E-state index in [1.54, 1.807) is 0 Å². The van der Waals surface area contributed by atoms with Gasteiger partial charge in [0.05, 0.1) is 9.67 Å². The lowest BCUT2D eigenvalue weighted by Gasteiger charge is -2.14. The summed E-state index contributed by atoms with van der Waals surface area (Å²) in [6.45, 7) is -0.551. The van der Waals surface area contributed by atoms with Crippen LogP contribution in [0.4, 0.5) is 5.82 Å². The lowest BCUT2D eigenvalue weighted by Crippen LogP contribution is -2.29. The largest absolute Gasteiger partial charge is 0.708 e. The number of aromatic nitrogens is 2. The standard InChI is InChI=1S/C9H11IN3O11P3/c10-4-2-13(9(15)12-8(4)11)7-1-5(14)6(22-7)3-21-26(18)24-27(19,20)23-25(16)17/h2,5-7,14H,1,3H2,(H2-,11,12,15,19,20)/p+1/t5-,6+,7+/m0/s1. The van der Waals surface area contributed by atoms with Gasteiger partial charge in [0.1, 0.15) is 24.8 Å². The highest BCUT2D eigenvalue weighted by atomic mass is 127. The lowest BCUT2D eigenvalue weighted by molar-refractivity contribution is -0.179. The fraction of sp³-hybridized carbons (Fsp3) is 0.556. The van der Waals surface area contributed by atoms with Crippen LogP contribution in [0.1, 0.15) is 12.6 Å². The molecule has 0 bridgehead atoms. The van der Waals surface area contributed by atoms with Crippen LogP contribution in [-0.2, 0) is 31.6 Å². The number of hydrogen-bond acceptors (Lipinski definition) is 12. The number of nitrogen functional groups attached to an aromatic ring is 1. The molecule has 1 aromatic heterocycles. The van der Waals surface area contributed by atoms with Gasteiger partial charge in [-0.3, -0.25) is 9.46 Å². The molecule has 1 saturated heterocycles. The summed E-state index contributed by atoms with van der Waals surface area (Å²) in [4.78, 5) is 34.7. The Kier molecular flexibility index (Phi) is 7.93. The van der Waals surface area contributed by atoms with Crippen molar-refractivity contribution >= 4 is 52.7 Å². The molecule has 1 aliphatic heterocycles. The van der Waals surface area contributed by atoms with Crippen molar-refractivity contribution in [3.8, 4) is 0 Å². The minimum absolute atomic E-state index is 0.0223. The molecule has 0 aliphatic carbocycles. The first-order valence-corrected chi connectivity index (χ1v) is 11.6. The Labute approximate surface area is 166 Å². The molecule has 150 valence electrons. The SMILES string of the molecule is Nc1nc(=O)n([C@H]2C[C@H](O)[C@@H](CO[P+](=O)OP(=O)(O)O[P+](=O)[O-])O2)cc1I. The highest BCUT2D eigenvalue weighted by Crippen LogP contribution is 2.56. The fourth-order valence-electron chi connectivity index (χ4n) is 2.04. The smallest absolute Gasteiger partial charge is 0.566 e. The van der Waals surface area contributed by atoms with Gasteiger partial charge < -0.3 is 20.5 Å². The van der Waals surface area contributed by atoms with Gasteiger partial charge >= 0.3 is 30.0 Å². The zero-order valence-electron chi connectivity index (χ0n) is 13.0. The highest BCUT2D eigenvalue weighted by molar-refractivity contribution is 14.1. The van der Waals surface area contributed by atoms with Gasteiger partial charge in [-0.15, -0.1) is 4.52 Å². The predicted octanol–water partition coefficient (Wildman–Crippen LogP) is -0.0962. The van der Waals surface area contributed by atoms with E-state index in [-0.39, 0.29) is 12.2 Å². The molecule has 0 aromatic carbocycles. The van der Waals surface area contributed by atoms with Gasteiger partial charge in [0.2, 0.25) is 0 Å². The van der Waals surface area contributed by atoms with E-state index in [2.05, 4.69) is 18.1 Å². The second-order valence-corrected chi connectivity index (χ2v) is 9.53. The van der Waals surface area contributed by atoms with Crippen LogP contribution in [0.3, 0.4) is 0 Å². The summed E-state index contributed by atoms with van der Waals surface area (Å²) in [6.07, 6.45) is -1.73. The van der Waals surface area contributed by atoms with Gasteiger partial charge in [-0.25, -0.2) is 9.36 Å². The summed E-state index contributed by atoms with van der Waals surface area (Å²) in [6, 6.07) is 0. The van der Waals surface area contributed by atoms with Gasteiger partial charge in [-0.1, -0.05) is 0 Å². The quantitative estimate of drug-likeness (QED) is 0.281. The molecule has 3 unspecified atom stereocenters. The number of phosphoric acid groups is 1. The van der Waals surface area contributed by atoms with E-state index in [1.165, 1.54) is 6.20 Å². The molecule has 14 nitrogen and oxygen atoms in total. The number of rotatable bonds is 8. The van der Waals surface area contributed by atoms with Crippen LogP contribution < -0.4 is 16.3 Å². The molecule has 6 atom stereocenters. The van der Waals surface area contributed by atoms with Crippen LogP contribution in [0.5, 0.6) is 0 Å². The number of aliphatic hydroxyl groups is 1. The predicted molar refractivity (Wildman–Crippen MR) is 93.3 cm³/mol. The summed E-state index contributed by atoms with van der Waals surface area (Å²) >= 11 is 1.86. The first kappa shape index (κ1) is 22.8. The first-order chi connectivity index (χ1) is 12.5. The molecular formula is C9H12IN3O11P3+. The van der Waals surface area contributed by atoms with Crippen molar-refractivity contribution in [1.29, 1.82) is 0 Å². The van der Waals surface area contributed by atoms with Crippen molar-refractivity contribution in [1.82, 2.24) is 9.55 Å². The number of nitrogens with zero attached hydrogens (tertiary/aromatic N) is 2. The molecule has 0 spiro atoms. The van der Waals surface area contributed by atoms with E-state index >= 15 is 0 Å². The monoisotopic (exact) mass is 558 g/mol. The average molecular weight is 558 g/mol. The molecule has 2 heterocycles. The van der Waals surface area contributed by atoms with Crippen LogP contribution in [-0.4, -0.2) is 38.4 Å². The van der Waals surface area contributed by atoms with Crippen molar-refractivity contribution in [2.24, 2.45) is 0 Å². The Morgan fingerprint density at radius 1 is 1.52 bits per heavy atom. The normalized spacial score (nSPS) is 25.9. The average Bonchev–Trinajstić information content (AvgIpc) is 2.87. The van der Waals surface area contributed by atoms with Gasteiger partial charge in [-0.2, -0.15) is 4.98 Å². The number of ether oxygens (including phenoxy) is 1. The number of anilines is 1. The van der Waals surface area contributed by atoms with Crippen LogP contribution >= 0.6 is 46.9 Å². The number of aliphatic hydroxyl groups excluding tert-OH is 1. The van der Waals surface area contributed by atoms with E-state index < -0.39 is 55.1 Å². The first-order valence-electron chi connectivity index (χ1n) is 6.83. The minimum atomic E-state index is -5.13. The molecule has 4 N–H and O–H groups in total. The van der Waals surface area contributed by atoms with E-state index in [0.717, 1.165) is 4.57 Å². The molecule has 0 saturated carbocycles. The third-order valence-corrected chi connectivity index (χ3v) is 7.04. The Hall–Kier alpha value is -0.440. The third-order valence-electron chi connectivity index (χ3n) is 3.13. The second-order valence-electron chi connectivity index (χ2n) is 4.97. The molecule has 2 rings (SSSR count). The fourth-order valence-corrected chi connectivity index (χ4v) is 4.65.